The van der Waals surface area contributed by atoms with E-state index in [0.717, 1.165) is 5.92 Å². The molecule has 64 valence electrons. The van der Waals surface area contributed by atoms with Crippen molar-refractivity contribution in [3.8, 4) is 0 Å². The summed E-state index contributed by atoms with van der Waals surface area (Å²) in [6, 6.07) is 0.851. The van der Waals surface area contributed by atoms with Gasteiger partial charge in [-0.25, -0.2) is 4.79 Å². The number of likely N-dealkylation sites (tertiary alicyclic amines) is 1. The molecule has 0 aromatic rings. The largest absolute Gasteiger partial charge is 0.453 e. The van der Waals surface area contributed by atoms with E-state index < -0.39 is 0 Å². The molecule has 12 heavy (non-hydrogen) atoms. The number of hydrogen-bond acceptors (Lipinski definition) is 2. The molecule has 0 N–H and O–H groups in total. The van der Waals surface area contributed by atoms with Crippen molar-refractivity contribution in [3.05, 3.63) is 12.2 Å². The summed E-state index contributed by atoms with van der Waals surface area (Å²) in [6.07, 6.45) is 5.35. The van der Waals surface area contributed by atoms with Crippen LogP contribution in [0.15, 0.2) is 12.2 Å². The average molecular weight is 165 g/mol. The van der Waals surface area contributed by atoms with Crippen LogP contribution in [0, 0.1) is 11.8 Å². The van der Waals surface area contributed by atoms with Gasteiger partial charge in [0.25, 0.3) is 0 Å². The summed E-state index contributed by atoms with van der Waals surface area (Å²) in [6.45, 7) is 0. The lowest BCUT2D eigenvalue weighted by molar-refractivity contribution is 0.112. The number of methoxy groups -OCH3 is 1. The molecule has 0 spiro atoms. The van der Waals surface area contributed by atoms with E-state index >= 15 is 0 Å². The van der Waals surface area contributed by atoms with Crippen molar-refractivity contribution in [3.63, 3.8) is 0 Å². The van der Waals surface area contributed by atoms with Gasteiger partial charge in [0.05, 0.1) is 13.2 Å². The third kappa shape index (κ3) is 0.564. The summed E-state index contributed by atoms with van der Waals surface area (Å²) >= 11 is 0. The van der Waals surface area contributed by atoms with Gasteiger partial charge >= 0.3 is 6.09 Å². The van der Waals surface area contributed by atoms with Crippen LogP contribution in [0.1, 0.15) is 6.42 Å². The molecular formula is C9H11NO2. The highest BCUT2D eigenvalue weighted by Crippen LogP contribution is 2.56. The van der Waals surface area contributed by atoms with Crippen LogP contribution in [0.2, 0.25) is 0 Å². The first-order valence-corrected chi connectivity index (χ1v) is 4.37. The zero-order valence-corrected chi connectivity index (χ0v) is 6.93. The lowest BCUT2D eigenvalue weighted by Crippen LogP contribution is -2.42. The maximum atomic E-state index is 11.3. The first-order valence-electron chi connectivity index (χ1n) is 4.37. The van der Waals surface area contributed by atoms with Crippen molar-refractivity contribution in [2.45, 2.75) is 18.5 Å². The smallest absolute Gasteiger partial charge is 0.410 e. The molecule has 1 amide bonds. The lowest BCUT2D eigenvalue weighted by atomic mass is 9.87. The summed E-state index contributed by atoms with van der Waals surface area (Å²) in [5, 5.41) is 0. The Kier molecular flexibility index (Phi) is 1.000. The monoisotopic (exact) mass is 165 g/mol. The second-order valence-electron chi connectivity index (χ2n) is 3.80. The summed E-state index contributed by atoms with van der Waals surface area (Å²) in [7, 11) is 1.45. The first kappa shape index (κ1) is 6.52. The van der Waals surface area contributed by atoms with Gasteiger partial charge in [0.1, 0.15) is 0 Å². The second kappa shape index (κ2) is 1.84. The van der Waals surface area contributed by atoms with Crippen LogP contribution in [0.25, 0.3) is 0 Å². The van der Waals surface area contributed by atoms with Gasteiger partial charge in [-0.3, -0.25) is 4.90 Å². The third-order valence-electron chi connectivity index (χ3n) is 3.29. The summed E-state index contributed by atoms with van der Waals surface area (Å²) in [5.74, 6) is 1.40. The van der Waals surface area contributed by atoms with Gasteiger partial charge in [-0.15, -0.1) is 0 Å². The number of rotatable bonds is 0. The highest BCUT2D eigenvalue weighted by atomic mass is 16.5. The highest BCUT2D eigenvalue weighted by molar-refractivity contribution is 5.71. The molecular weight excluding hydrogens is 154 g/mol. The van der Waals surface area contributed by atoms with Crippen molar-refractivity contribution in [2.75, 3.05) is 7.11 Å². The standard InChI is InChI=1S/C9H11NO2/c1-12-9(11)10-7-3-2-5(7)6-4-8(6)10/h2-3,5-8H,4H2,1H3. The van der Waals surface area contributed by atoms with Crippen LogP contribution in [0.4, 0.5) is 4.79 Å². The summed E-state index contributed by atoms with van der Waals surface area (Å²) < 4.78 is 4.74. The Balaban J connectivity index is 1.87. The van der Waals surface area contributed by atoms with E-state index in [4.69, 9.17) is 4.74 Å². The lowest BCUT2D eigenvalue weighted by Gasteiger charge is -2.32. The van der Waals surface area contributed by atoms with E-state index in [9.17, 15) is 4.79 Å². The Morgan fingerprint density at radius 1 is 1.58 bits per heavy atom. The molecule has 4 unspecified atom stereocenters. The predicted octanol–water partition coefficient (Wildman–Crippen LogP) is 1.01. The number of ether oxygens (including phenoxy) is 1. The fourth-order valence-electron chi connectivity index (χ4n) is 2.53. The normalized spacial score (nSPS) is 46.2. The van der Waals surface area contributed by atoms with Crippen LogP contribution in [-0.2, 0) is 4.74 Å². The molecule has 0 bridgehead atoms. The fourth-order valence-corrected chi connectivity index (χ4v) is 2.53. The number of amides is 1. The molecule has 3 rings (SSSR count). The first-order chi connectivity index (χ1) is 5.83. The van der Waals surface area contributed by atoms with Gasteiger partial charge in [-0.1, -0.05) is 12.2 Å². The molecule has 3 nitrogen and oxygen atoms in total. The number of piperidine rings is 1. The molecule has 2 aliphatic carbocycles. The Morgan fingerprint density at radius 2 is 2.42 bits per heavy atom. The molecule has 2 fully saturated rings. The van der Waals surface area contributed by atoms with Crippen molar-refractivity contribution in [2.24, 2.45) is 11.8 Å². The van der Waals surface area contributed by atoms with Crippen molar-refractivity contribution in [1.29, 1.82) is 0 Å². The molecule has 1 saturated carbocycles. The molecule has 0 radical (unpaired) electrons. The van der Waals surface area contributed by atoms with Crippen molar-refractivity contribution < 1.29 is 9.53 Å². The maximum absolute atomic E-state index is 11.3. The minimum Gasteiger partial charge on any atom is -0.453 e. The van der Waals surface area contributed by atoms with Gasteiger partial charge < -0.3 is 4.74 Å². The molecule has 0 aromatic heterocycles. The Morgan fingerprint density at radius 3 is 2.92 bits per heavy atom. The topological polar surface area (TPSA) is 29.5 Å². The van der Waals surface area contributed by atoms with Crippen LogP contribution < -0.4 is 0 Å². The van der Waals surface area contributed by atoms with Gasteiger partial charge in [0.2, 0.25) is 0 Å². The quantitative estimate of drug-likeness (QED) is 0.501. The molecule has 1 aliphatic heterocycles. The Labute approximate surface area is 71.0 Å². The van der Waals surface area contributed by atoms with E-state index in [1.807, 2.05) is 4.90 Å². The molecule has 0 aromatic carbocycles. The van der Waals surface area contributed by atoms with Crippen molar-refractivity contribution in [1.82, 2.24) is 4.90 Å². The predicted molar refractivity (Wildman–Crippen MR) is 42.6 cm³/mol. The van der Waals surface area contributed by atoms with E-state index in [1.54, 1.807) is 0 Å². The Bertz CT molecular complexity index is 274. The Hall–Kier alpha value is -0.990. The molecule has 3 heteroatoms. The maximum Gasteiger partial charge on any atom is 0.410 e. The van der Waals surface area contributed by atoms with Crippen molar-refractivity contribution >= 4 is 6.09 Å². The molecule has 3 aliphatic rings. The second-order valence-corrected chi connectivity index (χ2v) is 3.80. The fraction of sp³-hybridized carbons (Fsp3) is 0.667. The third-order valence-corrected chi connectivity index (χ3v) is 3.29. The zero-order chi connectivity index (χ0) is 8.29. The number of fused-ring (bicyclic) bond motifs is 3. The van der Waals surface area contributed by atoms with Gasteiger partial charge in [0, 0.05) is 12.0 Å². The minimum absolute atomic E-state index is 0.153. The van der Waals surface area contributed by atoms with Crippen LogP contribution in [0.5, 0.6) is 0 Å². The van der Waals surface area contributed by atoms with E-state index in [-0.39, 0.29) is 6.09 Å². The zero-order valence-electron chi connectivity index (χ0n) is 6.93. The number of hydrogen-bond donors (Lipinski definition) is 0. The van der Waals surface area contributed by atoms with Gasteiger partial charge in [-0.2, -0.15) is 0 Å². The van der Waals surface area contributed by atoms with Crippen LogP contribution in [0.3, 0.4) is 0 Å². The number of nitrogens with zero attached hydrogens (tertiary/aromatic N) is 1. The van der Waals surface area contributed by atoms with Crippen LogP contribution >= 0.6 is 0 Å². The molecule has 1 saturated heterocycles. The van der Waals surface area contributed by atoms with Gasteiger partial charge in [-0.05, 0) is 12.3 Å². The summed E-state index contributed by atoms with van der Waals surface area (Å²) in [4.78, 5) is 13.2. The molecule has 4 atom stereocenters. The van der Waals surface area contributed by atoms with E-state index in [1.165, 1.54) is 13.5 Å². The average Bonchev–Trinajstić information content (AvgIpc) is 2.72. The minimum atomic E-state index is -0.153. The summed E-state index contributed by atoms with van der Waals surface area (Å²) in [5.41, 5.74) is 0. The van der Waals surface area contributed by atoms with Gasteiger partial charge in [0.15, 0.2) is 0 Å². The highest BCUT2D eigenvalue weighted by Gasteiger charge is 2.61. The molecule has 1 heterocycles. The SMILES string of the molecule is COC(=O)N1C2C=CC2C2CC21. The number of carbonyl (C=O) groups excluding carboxylic acids is 1. The van der Waals surface area contributed by atoms with E-state index in [0.29, 0.717) is 18.0 Å². The van der Waals surface area contributed by atoms with Crippen LogP contribution in [-0.4, -0.2) is 30.2 Å². The van der Waals surface area contributed by atoms with E-state index in [2.05, 4.69) is 12.2 Å². The number of carbonyl (C=O) groups is 1.